The summed E-state index contributed by atoms with van der Waals surface area (Å²) in [5, 5.41) is 11.4. The van der Waals surface area contributed by atoms with Crippen molar-refractivity contribution in [3.63, 3.8) is 0 Å². The lowest BCUT2D eigenvalue weighted by molar-refractivity contribution is 0.0696. The summed E-state index contributed by atoms with van der Waals surface area (Å²) >= 11 is 1.41. The van der Waals surface area contributed by atoms with Crippen LogP contribution >= 0.6 is 11.3 Å². The van der Waals surface area contributed by atoms with Crippen molar-refractivity contribution in [1.29, 1.82) is 0 Å². The van der Waals surface area contributed by atoms with E-state index in [1.807, 2.05) is 12.3 Å². The average Bonchev–Trinajstić information content (AvgIpc) is 2.63. The fourth-order valence-electron chi connectivity index (χ4n) is 1.42. The quantitative estimate of drug-likeness (QED) is 0.907. The van der Waals surface area contributed by atoms with Crippen LogP contribution in [-0.4, -0.2) is 16.1 Å². The monoisotopic (exact) mass is 249 g/mol. The van der Waals surface area contributed by atoms with Crippen LogP contribution in [0.15, 0.2) is 23.6 Å². The number of benzene rings is 1. The van der Waals surface area contributed by atoms with E-state index in [4.69, 9.17) is 9.84 Å². The minimum Gasteiger partial charge on any atom is -0.478 e. The molecule has 0 unspecified atom stereocenters. The second kappa shape index (κ2) is 4.55. The summed E-state index contributed by atoms with van der Waals surface area (Å²) in [6.45, 7) is 3.63. The van der Waals surface area contributed by atoms with Gasteiger partial charge in [0.15, 0.2) is 0 Å². The Balaban J connectivity index is 2.23. The van der Waals surface area contributed by atoms with Gasteiger partial charge >= 0.3 is 5.97 Å². The maximum Gasteiger partial charge on any atom is 0.335 e. The molecule has 88 valence electrons. The zero-order chi connectivity index (χ0) is 12.4. The van der Waals surface area contributed by atoms with Gasteiger partial charge in [-0.1, -0.05) is 11.3 Å². The number of nitrogens with zero attached hydrogens (tertiary/aromatic N) is 1. The first-order valence-corrected chi connectivity index (χ1v) is 5.88. The highest BCUT2D eigenvalue weighted by molar-refractivity contribution is 7.11. The number of thiazole rings is 1. The number of aryl methyl sites for hydroxylation is 2. The summed E-state index contributed by atoms with van der Waals surface area (Å²) in [6, 6.07) is 4.86. The number of hydrogen-bond acceptors (Lipinski definition) is 4. The molecule has 0 radical (unpaired) electrons. The Kier molecular flexibility index (Phi) is 3.10. The van der Waals surface area contributed by atoms with Gasteiger partial charge < -0.3 is 9.84 Å². The fourth-order valence-corrected chi connectivity index (χ4v) is 2.08. The Hall–Kier alpha value is -1.88. The van der Waals surface area contributed by atoms with Crippen LogP contribution in [-0.2, 0) is 0 Å². The van der Waals surface area contributed by atoms with Gasteiger partial charge in [0, 0.05) is 5.38 Å². The molecule has 0 amide bonds. The van der Waals surface area contributed by atoms with Crippen molar-refractivity contribution >= 4 is 17.3 Å². The number of carboxylic acid groups (broad SMARTS) is 1. The molecule has 0 atom stereocenters. The van der Waals surface area contributed by atoms with Gasteiger partial charge in [-0.15, -0.1) is 0 Å². The number of hydrogen-bond donors (Lipinski definition) is 1. The molecule has 0 saturated heterocycles. The van der Waals surface area contributed by atoms with Crippen molar-refractivity contribution in [2.24, 2.45) is 0 Å². The molecule has 2 rings (SSSR count). The van der Waals surface area contributed by atoms with Crippen molar-refractivity contribution in [3.8, 4) is 10.9 Å². The molecule has 1 aromatic heterocycles. The van der Waals surface area contributed by atoms with Gasteiger partial charge in [-0.05, 0) is 37.6 Å². The van der Waals surface area contributed by atoms with Crippen LogP contribution in [0.25, 0.3) is 0 Å². The molecule has 0 aliphatic heterocycles. The average molecular weight is 249 g/mol. The van der Waals surface area contributed by atoms with E-state index in [2.05, 4.69) is 4.98 Å². The topological polar surface area (TPSA) is 59.4 Å². The van der Waals surface area contributed by atoms with Crippen molar-refractivity contribution in [1.82, 2.24) is 4.98 Å². The Morgan fingerprint density at radius 2 is 2.18 bits per heavy atom. The number of ether oxygens (including phenoxy) is 1. The minimum atomic E-state index is -0.931. The van der Waals surface area contributed by atoms with Crippen molar-refractivity contribution in [3.05, 3.63) is 40.4 Å². The smallest absolute Gasteiger partial charge is 0.335 e. The Morgan fingerprint density at radius 1 is 1.41 bits per heavy atom. The van der Waals surface area contributed by atoms with Crippen LogP contribution < -0.4 is 4.74 Å². The van der Waals surface area contributed by atoms with Crippen LogP contribution in [0.3, 0.4) is 0 Å². The van der Waals surface area contributed by atoms with E-state index in [-0.39, 0.29) is 5.56 Å². The molecule has 17 heavy (non-hydrogen) atoms. The summed E-state index contributed by atoms with van der Waals surface area (Å²) in [5.74, 6) is -0.332. The summed E-state index contributed by atoms with van der Waals surface area (Å²) in [6.07, 6.45) is 0. The SMILES string of the molecule is Cc1csc(Oc2ccc(C(=O)O)c(C)c2)n1. The van der Waals surface area contributed by atoms with Gasteiger partial charge in [-0.2, -0.15) is 0 Å². The van der Waals surface area contributed by atoms with Gasteiger partial charge in [0.1, 0.15) is 5.75 Å². The number of aromatic carboxylic acids is 1. The lowest BCUT2D eigenvalue weighted by atomic mass is 10.1. The molecule has 1 N–H and O–H groups in total. The zero-order valence-corrected chi connectivity index (χ0v) is 10.2. The maximum atomic E-state index is 10.8. The van der Waals surface area contributed by atoms with Gasteiger partial charge in [0.25, 0.3) is 5.19 Å². The van der Waals surface area contributed by atoms with E-state index in [0.29, 0.717) is 16.5 Å². The fraction of sp³-hybridized carbons (Fsp3) is 0.167. The number of aromatic nitrogens is 1. The van der Waals surface area contributed by atoms with E-state index in [9.17, 15) is 4.79 Å². The third kappa shape index (κ3) is 2.62. The normalized spacial score (nSPS) is 10.2. The van der Waals surface area contributed by atoms with E-state index in [0.717, 1.165) is 5.69 Å². The van der Waals surface area contributed by atoms with E-state index >= 15 is 0 Å². The Labute approximate surface area is 103 Å². The highest BCUT2D eigenvalue weighted by Gasteiger charge is 2.08. The van der Waals surface area contributed by atoms with Gasteiger partial charge in [-0.25, -0.2) is 9.78 Å². The molecular formula is C12H11NO3S. The third-order valence-electron chi connectivity index (χ3n) is 2.23. The molecule has 0 aliphatic carbocycles. The molecular weight excluding hydrogens is 238 g/mol. The molecule has 1 heterocycles. The van der Waals surface area contributed by atoms with Crippen molar-refractivity contribution < 1.29 is 14.6 Å². The van der Waals surface area contributed by atoms with Crippen molar-refractivity contribution in [2.75, 3.05) is 0 Å². The van der Waals surface area contributed by atoms with E-state index < -0.39 is 5.97 Å². The van der Waals surface area contributed by atoms with Gasteiger partial charge in [0.05, 0.1) is 11.3 Å². The predicted molar refractivity (Wildman–Crippen MR) is 65.1 cm³/mol. The first kappa shape index (κ1) is 11.6. The minimum absolute atomic E-state index is 0.285. The van der Waals surface area contributed by atoms with Gasteiger partial charge in [-0.3, -0.25) is 0 Å². The molecule has 2 aromatic rings. The molecule has 0 fully saturated rings. The molecule has 4 nitrogen and oxygen atoms in total. The molecule has 0 bridgehead atoms. The summed E-state index contributed by atoms with van der Waals surface area (Å²) in [4.78, 5) is 15.0. The Bertz CT molecular complexity index is 563. The molecule has 1 aromatic carbocycles. The predicted octanol–water partition coefficient (Wildman–Crippen LogP) is 3.25. The molecule has 0 aliphatic rings. The number of rotatable bonds is 3. The van der Waals surface area contributed by atoms with Crippen molar-refractivity contribution in [2.45, 2.75) is 13.8 Å². The van der Waals surface area contributed by atoms with E-state index in [1.54, 1.807) is 19.1 Å². The highest BCUT2D eigenvalue weighted by atomic mass is 32.1. The first-order chi connectivity index (χ1) is 8.06. The van der Waals surface area contributed by atoms with Gasteiger partial charge in [0.2, 0.25) is 0 Å². The number of carboxylic acids is 1. The van der Waals surface area contributed by atoms with Crippen LogP contribution in [0.2, 0.25) is 0 Å². The largest absolute Gasteiger partial charge is 0.478 e. The standard InChI is InChI=1S/C12H11NO3S/c1-7-5-9(3-4-10(7)11(14)15)16-12-13-8(2)6-17-12/h3-6H,1-2H3,(H,14,15). The third-order valence-corrected chi connectivity index (χ3v) is 3.07. The molecule has 0 saturated carbocycles. The second-order valence-corrected chi connectivity index (χ2v) is 4.46. The molecule has 5 heteroatoms. The van der Waals surface area contributed by atoms with Crippen LogP contribution in [0.4, 0.5) is 0 Å². The van der Waals surface area contributed by atoms with Crippen LogP contribution in [0.5, 0.6) is 10.9 Å². The maximum absolute atomic E-state index is 10.8. The second-order valence-electron chi connectivity index (χ2n) is 3.64. The van der Waals surface area contributed by atoms with E-state index in [1.165, 1.54) is 17.4 Å². The van der Waals surface area contributed by atoms with Crippen LogP contribution in [0, 0.1) is 13.8 Å². The zero-order valence-electron chi connectivity index (χ0n) is 9.43. The van der Waals surface area contributed by atoms with Crippen LogP contribution in [0.1, 0.15) is 21.6 Å². The lowest BCUT2D eigenvalue weighted by Gasteiger charge is -2.05. The molecule has 0 spiro atoms. The lowest BCUT2D eigenvalue weighted by Crippen LogP contribution is -1.99. The highest BCUT2D eigenvalue weighted by Crippen LogP contribution is 2.26. The number of carbonyl (C=O) groups is 1. The Morgan fingerprint density at radius 3 is 2.71 bits per heavy atom. The summed E-state index contributed by atoms with van der Waals surface area (Å²) in [7, 11) is 0. The first-order valence-electron chi connectivity index (χ1n) is 5.00. The summed E-state index contributed by atoms with van der Waals surface area (Å²) in [5.41, 5.74) is 1.86. The summed E-state index contributed by atoms with van der Waals surface area (Å²) < 4.78 is 5.53.